The molecule has 10 heteroatoms. The smallest absolute Gasteiger partial charge is 0.304 e. The fraction of sp³-hybridized carbons (Fsp3) is 0.400. The van der Waals surface area contributed by atoms with E-state index in [1.54, 1.807) is 24.3 Å². The number of rotatable bonds is 10. The van der Waals surface area contributed by atoms with Gasteiger partial charge in [-0.1, -0.05) is 12.1 Å². The number of nitrogens with zero attached hydrogens (tertiary/aromatic N) is 1. The summed E-state index contributed by atoms with van der Waals surface area (Å²) in [6.45, 7) is -0.284. The van der Waals surface area contributed by atoms with E-state index in [2.05, 4.69) is 4.72 Å². The van der Waals surface area contributed by atoms with Crippen molar-refractivity contribution >= 4 is 27.8 Å². The van der Waals surface area contributed by atoms with Crippen molar-refractivity contribution in [1.82, 2.24) is 9.62 Å². The Balaban J connectivity index is 1.71. The van der Waals surface area contributed by atoms with Gasteiger partial charge in [0.25, 0.3) is 11.8 Å². The Morgan fingerprint density at radius 1 is 1.12 bits per heavy atom. The number of carbonyl (C=O) groups is 3. The van der Waals surface area contributed by atoms with E-state index in [4.69, 9.17) is 9.84 Å². The van der Waals surface area contributed by atoms with Crippen LogP contribution in [0.3, 0.4) is 0 Å². The van der Waals surface area contributed by atoms with Crippen molar-refractivity contribution in [2.45, 2.75) is 6.42 Å². The van der Waals surface area contributed by atoms with Gasteiger partial charge < -0.3 is 9.84 Å². The number of hydrogen-bond donors (Lipinski definition) is 2. The van der Waals surface area contributed by atoms with Gasteiger partial charge in [0.2, 0.25) is 10.0 Å². The molecule has 1 aliphatic rings. The maximum Gasteiger partial charge on any atom is 0.304 e. The number of ether oxygens (including phenoxy) is 1. The third kappa shape index (κ3) is 5.08. The number of aliphatic carboxylic acids is 1. The topological polar surface area (TPSA) is 130 Å². The Hall–Kier alpha value is -2.30. The van der Waals surface area contributed by atoms with Gasteiger partial charge in [-0.25, -0.2) is 13.1 Å². The normalized spacial score (nSPS) is 14.0. The second-order valence-corrected chi connectivity index (χ2v) is 7.20. The molecule has 1 aromatic carbocycles. The van der Waals surface area contributed by atoms with Crippen molar-refractivity contribution < 1.29 is 32.6 Å². The summed E-state index contributed by atoms with van der Waals surface area (Å²) in [5, 5.41) is 8.45. The number of carboxylic acids is 1. The molecule has 2 amide bonds. The fourth-order valence-electron chi connectivity index (χ4n) is 2.25. The number of carbonyl (C=O) groups excluding carboxylic acids is 2. The van der Waals surface area contributed by atoms with Gasteiger partial charge in [-0.3, -0.25) is 19.3 Å². The summed E-state index contributed by atoms with van der Waals surface area (Å²) in [5.41, 5.74) is 0.690. The molecule has 2 rings (SSSR count). The van der Waals surface area contributed by atoms with Crippen molar-refractivity contribution in [3.63, 3.8) is 0 Å². The number of nitrogens with one attached hydrogen (secondary N) is 1. The predicted octanol–water partition coefficient (Wildman–Crippen LogP) is -0.307. The predicted molar refractivity (Wildman–Crippen MR) is 86.7 cm³/mol. The van der Waals surface area contributed by atoms with Crippen molar-refractivity contribution in [3.05, 3.63) is 35.4 Å². The van der Waals surface area contributed by atoms with E-state index in [1.807, 2.05) is 0 Å². The highest BCUT2D eigenvalue weighted by atomic mass is 32.2. The van der Waals surface area contributed by atoms with E-state index in [0.29, 0.717) is 11.1 Å². The molecule has 2 N–H and O–H groups in total. The average molecular weight is 370 g/mol. The van der Waals surface area contributed by atoms with Gasteiger partial charge >= 0.3 is 5.97 Å². The molecule has 0 radical (unpaired) electrons. The molecule has 0 aromatic heterocycles. The van der Waals surface area contributed by atoms with Crippen LogP contribution in [0.1, 0.15) is 27.1 Å². The minimum Gasteiger partial charge on any atom is -0.481 e. The Kier molecular flexibility index (Phi) is 6.23. The fourth-order valence-corrected chi connectivity index (χ4v) is 3.15. The summed E-state index contributed by atoms with van der Waals surface area (Å²) in [7, 11) is -3.63. The van der Waals surface area contributed by atoms with Gasteiger partial charge in [0, 0.05) is 6.54 Å². The summed E-state index contributed by atoms with van der Waals surface area (Å²) in [6.07, 6.45) is -0.306. The van der Waals surface area contributed by atoms with E-state index in [1.165, 1.54) is 0 Å². The summed E-state index contributed by atoms with van der Waals surface area (Å²) >= 11 is 0. The molecule has 0 atom stereocenters. The van der Waals surface area contributed by atoms with Gasteiger partial charge in [0.1, 0.15) is 0 Å². The van der Waals surface area contributed by atoms with Crippen molar-refractivity contribution in [2.75, 3.05) is 32.1 Å². The Bertz CT molecular complexity index is 741. The van der Waals surface area contributed by atoms with Gasteiger partial charge in [0.05, 0.1) is 43.1 Å². The highest BCUT2D eigenvalue weighted by Crippen LogP contribution is 2.21. The average Bonchev–Trinajstić information content (AvgIpc) is 2.79. The number of benzene rings is 1. The summed E-state index contributed by atoms with van der Waals surface area (Å²) in [6, 6.07) is 6.50. The third-order valence-electron chi connectivity index (χ3n) is 3.49. The third-order valence-corrected chi connectivity index (χ3v) is 4.84. The van der Waals surface area contributed by atoms with Crippen LogP contribution in [0.5, 0.6) is 0 Å². The number of imide groups is 1. The molecule has 0 unspecified atom stereocenters. The number of amides is 2. The van der Waals surface area contributed by atoms with Gasteiger partial charge in [-0.2, -0.15) is 0 Å². The molecule has 9 nitrogen and oxygen atoms in total. The molecule has 0 spiro atoms. The zero-order valence-corrected chi connectivity index (χ0v) is 14.1. The molecule has 0 bridgehead atoms. The van der Waals surface area contributed by atoms with Crippen LogP contribution in [0, 0.1) is 0 Å². The van der Waals surface area contributed by atoms with Crippen LogP contribution in [-0.2, 0) is 19.6 Å². The van der Waals surface area contributed by atoms with Crippen LogP contribution >= 0.6 is 0 Å². The van der Waals surface area contributed by atoms with Crippen LogP contribution < -0.4 is 4.72 Å². The van der Waals surface area contributed by atoms with E-state index in [9.17, 15) is 22.8 Å². The van der Waals surface area contributed by atoms with E-state index >= 15 is 0 Å². The standard InChI is InChI=1S/C15H18N2O7S/c18-13(19)5-6-16-25(22,23)10-9-24-8-7-17-14(20)11-3-1-2-4-12(11)15(17)21/h1-4,16H,5-10H2,(H,18,19). The minimum atomic E-state index is -3.63. The molecule has 0 fully saturated rings. The highest BCUT2D eigenvalue weighted by molar-refractivity contribution is 7.89. The van der Waals surface area contributed by atoms with Crippen LogP contribution in [-0.4, -0.2) is 68.3 Å². The van der Waals surface area contributed by atoms with Crippen molar-refractivity contribution in [3.8, 4) is 0 Å². The van der Waals surface area contributed by atoms with Gasteiger partial charge in [0.15, 0.2) is 0 Å². The van der Waals surface area contributed by atoms with E-state index in [-0.39, 0.29) is 38.5 Å². The molecule has 1 aromatic rings. The molecule has 0 aliphatic carbocycles. The van der Waals surface area contributed by atoms with Crippen LogP contribution in [0.2, 0.25) is 0 Å². The largest absolute Gasteiger partial charge is 0.481 e. The first kappa shape index (κ1) is 19.0. The lowest BCUT2D eigenvalue weighted by Gasteiger charge is -2.13. The summed E-state index contributed by atoms with van der Waals surface area (Å²) in [4.78, 5) is 35.6. The quantitative estimate of drug-likeness (QED) is 0.427. The van der Waals surface area contributed by atoms with E-state index < -0.39 is 27.8 Å². The summed E-state index contributed by atoms with van der Waals surface area (Å²) in [5.74, 6) is -2.23. The Morgan fingerprint density at radius 3 is 2.28 bits per heavy atom. The lowest BCUT2D eigenvalue weighted by atomic mass is 10.1. The molecule has 0 saturated carbocycles. The summed E-state index contributed by atoms with van der Waals surface area (Å²) < 4.78 is 30.5. The van der Waals surface area contributed by atoms with Gasteiger partial charge in [-0.15, -0.1) is 0 Å². The molecule has 0 saturated heterocycles. The zero-order valence-electron chi connectivity index (χ0n) is 13.3. The first-order valence-corrected chi connectivity index (χ1v) is 9.19. The van der Waals surface area contributed by atoms with Crippen molar-refractivity contribution in [1.29, 1.82) is 0 Å². The molecule has 136 valence electrons. The molecule has 25 heavy (non-hydrogen) atoms. The zero-order chi connectivity index (χ0) is 18.4. The van der Waals surface area contributed by atoms with Crippen LogP contribution in [0.15, 0.2) is 24.3 Å². The highest BCUT2D eigenvalue weighted by Gasteiger charge is 2.34. The van der Waals surface area contributed by atoms with Crippen LogP contribution in [0.4, 0.5) is 0 Å². The Morgan fingerprint density at radius 2 is 1.72 bits per heavy atom. The second-order valence-electron chi connectivity index (χ2n) is 5.28. The van der Waals surface area contributed by atoms with Crippen molar-refractivity contribution in [2.24, 2.45) is 0 Å². The lowest BCUT2D eigenvalue weighted by Crippen LogP contribution is -2.34. The SMILES string of the molecule is O=C(O)CCNS(=O)(=O)CCOCCN1C(=O)c2ccccc2C1=O. The number of sulfonamides is 1. The Labute approximate surface area is 144 Å². The molecule has 1 aliphatic heterocycles. The maximum absolute atomic E-state index is 12.1. The lowest BCUT2D eigenvalue weighted by molar-refractivity contribution is -0.136. The second kappa shape index (κ2) is 8.19. The van der Waals surface area contributed by atoms with Gasteiger partial charge in [-0.05, 0) is 12.1 Å². The number of fused-ring (bicyclic) bond motifs is 1. The minimum absolute atomic E-state index is 0.0100. The molecular formula is C15H18N2O7S. The molecule has 1 heterocycles. The maximum atomic E-state index is 12.1. The monoisotopic (exact) mass is 370 g/mol. The molecular weight excluding hydrogens is 352 g/mol. The number of carboxylic acid groups (broad SMARTS) is 1. The first-order chi connectivity index (χ1) is 11.8. The van der Waals surface area contributed by atoms with Crippen LogP contribution in [0.25, 0.3) is 0 Å². The number of hydrogen-bond acceptors (Lipinski definition) is 6. The van der Waals surface area contributed by atoms with E-state index in [0.717, 1.165) is 4.90 Å². The first-order valence-electron chi connectivity index (χ1n) is 7.54.